The number of benzene rings is 2. The average Bonchev–Trinajstić information content (AvgIpc) is 3.61. The molecule has 0 N–H and O–H groups in total. The van der Waals surface area contributed by atoms with Crippen LogP contribution in [0.4, 0.5) is 0 Å². The van der Waals surface area contributed by atoms with E-state index in [0.717, 1.165) is 40.4 Å². The second kappa shape index (κ2) is 7.50. The van der Waals surface area contributed by atoms with Crippen molar-refractivity contribution in [2.75, 3.05) is 26.7 Å². The van der Waals surface area contributed by atoms with Gasteiger partial charge in [-0.05, 0) is 79.5 Å². The van der Waals surface area contributed by atoms with Gasteiger partial charge in [0.2, 0.25) is 0 Å². The third kappa shape index (κ3) is 3.43. The summed E-state index contributed by atoms with van der Waals surface area (Å²) < 4.78 is 5.60. The molecular weight excluding hydrogens is 404 g/mol. The zero-order chi connectivity index (χ0) is 21.0. The summed E-state index contributed by atoms with van der Waals surface area (Å²) in [4.78, 5) is 7.85. The summed E-state index contributed by atoms with van der Waals surface area (Å²) in [5, 5.41) is 1.91. The maximum absolute atomic E-state index is 6.52. The van der Waals surface area contributed by atoms with Crippen LogP contribution in [0.1, 0.15) is 36.1 Å². The summed E-state index contributed by atoms with van der Waals surface area (Å²) in [7, 11) is 1.76. The second-order valence-electron chi connectivity index (χ2n) is 9.82. The molecule has 0 amide bonds. The molecule has 1 aromatic heterocycles. The number of fused-ring (bicyclic) bond motifs is 3. The van der Waals surface area contributed by atoms with Crippen molar-refractivity contribution < 1.29 is 4.74 Å². The maximum Gasteiger partial charge on any atom is 0.119 e. The molecule has 1 aliphatic heterocycles. The number of methoxy groups -OCH3 is 1. The molecule has 1 saturated heterocycles. The number of pyridine rings is 1. The van der Waals surface area contributed by atoms with Gasteiger partial charge in [0.25, 0.3) is 0 Å². The quantitative estimate of drug-likeness (QED) is 0.531. The summed E-state index contributed by atoms with van der Waals surface area (Å²) in [5.41, 5.74) is 5.11. The molecular formula is C27H29ClN2O. The molecule has 6 rings (SSSR count). The van der Waals surface area contributed by atoms with E-state index in [1.165, 1.54) is 55.7 Å². The number of hydrogen-bond donors (Lipinski definition) is 0. The maximum atomic E-state index is 6.52. The smallest absolute Gasteiger partial charge is 0.119 e. The number of ether oxygens (including phenoxy) is 1. The Morgan fingerprint density at radius 1 is 1.16 bits per heavy atom. The van der Waals surface area contributed by atoms with Gasteiger partial charge in [-0.2, -0.15) is 0 Å². The van der Waals surface area contributed by atoms with Gasteiger partial charge in [-0.25, -0.2) is 0 Å². The van der Waals surface area contributed by atoms with Crippen molar-refractivity contribution in [3.8, 4) is 5.75 Å². The standard InChI is InChI=1S/C27H29ClN2O/c1-31-23-6-3-5-21(14-23)27-10-11-30(16-18-8-9-18)17-22(27)13-20-12-19-4-2-7-24(28)26(19)29-25(20)15-27/h2-7,12,14,18,22H,8-11,13,15-17H2,1H3/t22-,27-/m0/s1. The largest absolute Gasteiger partial charge is 0.497 e. The van der Waals surface area contributed by atoms with Crippen LogP contribution in [-0.2, 0) is 18.3 Å². The molecule has 4 heteroatoms. The lowest BCUT2D eigenvalue weighted by molar-refractivity contribution is 0.0777. The van der Waals surface area contributed by atoms with Crippen molar-refractivity contribution in [2.24, 2.45) is 11.8 Å². The zero-order valence-electron chi connectivity index (χ0n) is 18.1. The van der Waals surface area contributed by atoms with Crippen LogP contribution >= 0.6 is 11.6 Å². The van der Waals surface area contributed by atoms with Crippen LogP contribution in [0.15, 0.2) is 48.5 Å². The first kappa shape index (κ1) is 19.6. The predicted octanol–water partition coefficient (Wildman–Crippen LogP) is 5.67. The van der Waals surface area contributed by atoms with Crippen LogP contribution in [0, 0.1) is 11.8 Å². The van der Waals surface area contributed by atoms with E-state index in [0.29, 0.717) is 5.92 Å². The first-order valence-electron chi connectivity index (χ1n) is 11.6. The SMILES string of the molecule is COc1cccc([C@@]23CCN(CC4CC4)C[C@@H]2Cc2cc4cccc(Cl)c4nc2C3)c1. The second-order valence-corrected chi connectivity index (χ2v) is 10.2. The predicted molar refractivity (Wildman–Crippen MR) is 126 cm³/mol. The van der Waals surface area contributed by atoms with Crippen molar-refractivity contribution >= 4 is 22.5 Å². The van der Waals surface area contributed by atoms with E-state index < -0.39 is 0 Å². The van der Waals surface area contributed by atoms with E-state index >= 15 is 0 Å². The minimum absolute atomic E-state index is 0.115. The third-order valence-electron chi connectivity index (χ3n) is 7.91. The normalized spacial score (nSPS) is 25.8. The van der Waals surface area contributed by atoms with Gasteiger partial charge in [0.15, 0.2) is 0 Å². The van der Waals surface area contributed by atoms with Crippen LogP contribution in [0.5, 0.6) is 5.75 Å². The molecule has 0 spiro atoms. The number of nitrogens with zero attached hydrogens (tertiary/aromatic N) is 2. The van der Waals surface area contributed by atoms with Gasteiger partial charge in [-0.3, -0.25) is 4.98 Å². The summed E-state index contributed by atoms with van der Waals surface area (Å²) >= 11 is 6.52. The molecule has 2 heterocycles. The van der Waals surface area contributed by atoms with Gasteiger partial charge in [0.05, 0.1) is 17.6 Å². The molecule has 160 valence electrons. The highest BCUT2D eigenvalue weighted by Crippen LogP contribution is 2.49. The zero-order valence-corrected chi connectivity index (χ0v) is 18.9. The van der Waals surface area contributed by atoms with Crippen molar-refractivity contribution in [1.82, 2.24) is 9.88 Å². The Morgan fingerprint density at radius 3 is 2.87 bits per heavy atom. The molecule has 1 saturated carbocycles. The molecule has 0 radical (unpaired) electrons. The summed E-state index contributed by atoms with van der Waals surface area (Å²) in [6.45, 7) is 3.64. The first-order valence-corrected chi connectivity index (χ1v) is 12.0. The topological polar surface area (TPSA) is 25.4 Å². The summed E-state index contributed by atoms with van der Waals surface area (Å²) in [5.74, 6) is 2.48. The number of hydrogen-bond acceptors (Lipinski definition) is 3. The van der Waals surface area contributed by atoms with Crippen molar-refractivity contribution in [1.29, 1.82) is 0 Å². The third-order valence-corrected chi connectivity index (χ3v) is 8.21. The van der Waals surface area contributed by atoms with Gasteiger partial charge >= 0.3 is 0 Å². The number of piperidine rings is 1. The molecule has 31 heavy (non-hydrogen) atoms. The van der Waals surface area contributed by atoms with Gasteiger partial charge in [-0.15, -0.1) is 0 Å². The lowest BCUT2D eigenvalue weighted by Crippen LogP contribution is -2.54. The summed E-state index contributed by atoms with van der Waals surface area (Å²) in [6.07, 6.45) is 6.09. The highest BCUT2D eigenvalue weighted by Gasteiger charge is 2.48. The summed E-state index contributed by atoms with van der Waals surface area (Å²) in [6, 6.07) is 17.2. The van der Waals surface area contributed by atoms with Gasteiger partial charge in [-0.1, -0.05) is 35.9 Å². The van der Waals surface area contributed by atoms with E-state index in [1.54, 1.807) is 7.11 Å². The van der Waals surface area contributed by atoms with Crippen molar-refractivity contribution in [3.63, 3.8) is 0 Å². The highest BCUT2D eigenvalue weighted by molar-refractivity contribution is 6.35. The fourth-order valence-corrected chi connectivity index (χ4v) is 6.24. The van der Waals surface area contributed by atoms with Crippen LogP contribution in [0.3, 0.4) is 0 Å². The lowest BCUT2D eigenvalue weighted by atomic mass is 9.58. The molecule has 0 unspecified atom stereocenters. The molecule has 3 nitrogen and oxygen atoms in total. The van der Waals surface area contributed by atoms with Gasteiger partial charge in [0.1, 0.15) is 5.75 Å². The number of halogens is 1. The van der Waals surface area contributed by atoms with Crippen LogP contribution in [0.25, 0.3) is 10.9 Å². The van der Waals surface area contributed by atoms with E-state index in [4.69, 9.17) is 21.3 Å². The Morgan fingerprint density at radius 2 is 2.03 bits per heavy atom. The van der Waals surface area contributed by atoms with Gasteiger partial charge in [0, 0.05) is 36.0 Å². The minimum Gasteiger partial charge on any atom is -0.497 e. The van der Waals surface area contributed by atoms with Crippen molar-refractivity contribution in [3.05, 3.63) is 70.4 Å². The minimum atomic E-state index is 0.115. The van der Waals surface area contributed by atoms with Gasteiger partial charge < -0.3 is 9.64 Å². The fourth-order valence-electron chi connectivity index (χ4n) is 6.02. The fraction of sp³-hybridized carbons (Fsp3) is 0.444. The van der Waals surface area contributed by atoms with Crippen LogP contribution < -0.4 is 4.74 Å². The lowest BCUT2D eigenvalue weighted by Gasteiger charge is -2.51. The van der Waals surface area contributed by atoms with E-state index in [-0.39, 0.29) is 5.41 Å². The number of likely N-dealkylation sites (tertiary alicyclic amines) is 1. The Hall–Kier alpha value is -2.10. The molecule has 2 fully saturated rings. The molecule has 3 aromatic rings. The van der Waals surface area contributed by atoms with Crippen LogP contribution in [-0.4, -0.2) is 36.6 Å². The molecule has 0 bridgehead atoms. The number of rotatable bonds is 4. The molecule has 2 aromatic carbocycles. The molecule has 2 aliphatic carbocycles. The number of para-hydroxylation sites is 1. The van der Waals surface area contributed by atoms with E-state index in [9.17, 15) is 0 Å². The van der Waals surface area contributed by atoms with Crippen LogP contribution in [0.2, 0.25) is 5.02 Å². The van der Waals surface area contributed by atoms with E-state index in [2.05, 4.69) is 41.3 Å². The number of aromatic nitrogens is 1. The Labute approximate surface area is 189 Å². The Balaban J connectivity index is 1.44. The monoisotopic (exact) mass is 432 g/mol. The first-order chi connectivity index (χ1) is 15.1. The average molecular weight is 433 g/mol. The van der Waals surface area contributed by atoms with Crippen molar-refractivity contribution in [2.45, 2.75) is 37.5 Å². The molecule has 3 aliphatic rings. The van der Waals surface area contributed by atoms with E-state index in [1.807, 2.05) is 12.1 Å². The highest BCUT2D eigenvalue weighted by atomic mass is 35.5. The molecule has 2 atom stereocenters. The Bertz CT molecular complexity index is 1140. The Kier molecular flexibility index (Phi) is 4.73.